The number of carbonyl (C=O) groups excluding carboxylic acids is 2. The van der Waals surface area contributed by atoms with Crippen molar-refractivity contribution >= 4 is 29.5 Å². The first-order valence-corrected chi connectivity index (χ1v) is 10.9. The van der Waals surface area contributed by atoms with Gasteiger partial charge in [0.15, 0.2) is 5.79 Å². The van der Waals surface area contributed by atoms with Crippen molar-refractivity contribution in [2.24, 2.45) is 0 Å². The van der Waals surface area contributed by atoms with E-state index in [-0.39, 0.29) is 19.5 Å². The van der Waals surface area contributed by atoms with Crippen LogP contribution >= 0.6 is 11.8 Å². The van der Waals surface area contributed by atoms with Crippen LogP contribution in [0.25, 0.3) is 0 Å². The van der Waals surface area contributed by atoms with Crippen LogP contribution in [0.4, 0.5) is 0 Å². The molecule has 9 nitrogen and oxygen atoms in total. The molecular formula is C22H20N2O7S. The van der Waals surface area contributed by atoms with E-state index in [9.17, 15) is 19.5 Å². The van der Waals surface area contributed by atoms with Crippen molar-refractivity contribution in [2.45, 2.75) is 28.0 Å². The van der Waals surface area contributed by atoms with Crippen molar-refractivity contribution in [1.82, 2.24) is 10.2 Å². The van der Waals surface area contributed by atoms with E-state index in [1.54, 1.807) is 18.2 Å². The first-order valence-electron chi connectivity index (χ1n) is 10.1. The Labute approximate surface area is 187 Å². The molecule has 2 saturated heterocycles. The minimum absolute atomic E-state index is 0.0188. The number of carboxylic acid groups (broad SMARTS) is 1. The van der Waals surface area contributed by atoms with Gasteiger partial charge in [0.1, 0.15) is 17.5 Å². The summed E-state index contributed by atoms with van der Waals surface area (Å²) in [5.41, 5.74) is 0.377. The summed E-state index contributed by atoms with van der Waals surface area (Å²) in [6, 6.07) is 11.6. The van der Waals surface area contributed by atoms with E-state index < -0.39 is 29.6 Å². The second-order valence-corrected chi connectivity index (χ2v) is 8.77. The van der Waals surface area contributed by atoms with E-state index in [1.165, 1.54) is 16.7 Å². The molecule has 3 aliphatic rings. The summed E-state index contributed by atoms with van der Waals surface area (Å²) in [4.78, 5) is 40.0. The number of para-hydroxylation sites is 1. The van der Waals surface area contributed by atoms with Gasteiger partial charge in [-0.05, 0) is 30.3 Å². The second-order valence-electron chi connectivity index (χ2n) is 7.68. The van der Waals surface area contributed by atoms with Crippen LogP contribution in [0.3, 0.4) is 0 Å². The highest BCUT2D eigenvalue weighted by Crippen LogP contribution is 2.46. The minimum Gasteiger partial charge on any atom is -0.480 e. The van der Waals surface area contributed by atoms with Gasteiger partial charge < -0.3 is 29.5 Å². The van der Waals surface area contributed by atoms with Crippen LogP contribution in [0.5, 0.6) is 11.5 Å². The Bertz CT molecular complexity index is 1100. The first kappa shape index (κ1) is 20.8. The molecule has 32 heavy (non-hydrogen) atoms. The van der Waals surface area contributed by atoms with Crippen molar-refractivity contribution in [2.75, 3.05) is 26.3 Å². The summed E-state index contributed by atoms with van der Waals surface area (Å²) in [6.45, 7) is 0.401. The molecule has 2 amide bonds. The van der Waals surface area contributed by atoms with E-state index >= 15 is 0 Å². The summed E-state index contributed by atoms with van der Waals surface area (Å²) < 4.78 is 17.0. The minimum atomic E-state index is -1.13. The number of hydrogen-bond donors (Lipinski definition) is 2. The summed E-state index contributed by atoms with van der Waals surface area (Å²) >= 11 is 1.50. The van der Waals surface area contributed by atoms with Crippen LogP contribution in [0.2, 0.25) is 0 Å². The molecule has 0 aliphatic carbocycles. The van der Waals surface area contributed by atoms with Crippen LogP contribution < -0.4 is 10.1 Å². The number of rotatable bonds is 4. The van der Waals surface area contributed by atoms with Gasteiger partial charge in [-0.15, -0.1) is 0 Å². The van der Waals surface area contributed by atoms with E-state index in [2.05, 4.69) is 5.32 Å². The third-order valence-corrected chi connectivity index (χ3v) is 6.70. The van der Waals surface area contributed by atoms with Gasteiger partial charge in [0.05, 0.1) is 36.1 Å². The van der Waals surface area contributed by atoms with Crippen LogP contribution in [-0.2, 0) is 19.1 Å². The summed E-state index contributed by atoms with van der Waals surface area (Å²) in [7, 11) is 0. The van der Waals surface area contributed by atoms with Crippen LogP contribution in [-0.4, -0.2) is 65.9 Å². The predicted octanol–water partition coefficient (Wildman–Crippen LogP) is 2.10. The van der Waals surface area contributed by atoms with Crippen LogP contribution in [0.15, 0.2) is 52.3 Å². The predicted molar refractivity (Wildman–Crippen MR) is 112 cm³/mol. The number of nitrogens with one attached hydrogen (secondary N) is 1. The largest absolute Gasteiger partial charge is 0.480 e. The number of carboxylic acids is 1. The maximum absolute atomic E-state index is 12.7. The Morgan fingerprint density at radius 2 is 1.84 bits per heavy atom. The topological polar surface area (TPSA) is 114 Å². The molecular weight excluding hydrogens is 436 g/mol. The number of hydrogen-bond acceptors (Lipinski definition) is 7. The molecule has 0 saturated carbocycles. The lowest BCUT2D eigenvalue weighted by Gasteiger charge is -2.23. The number of benzene rings is 2. The maximum atomic E-state index is 12.7. The maximum Gasteiger partial charge on any atom is 0.326 e. The Balaban J connectivity index is 1.24. The number of ether oxygens (including phenoxy) is 3. The fourth-order valence-corrected chi connectivity index (χ4v) is 5.05. The van der Waals surface area contributed by atoms with Crippen LogP contribution in [0.1, 0.15) is 16.8 Å². The normalized spacial score (nSPS) is 20.4. The molecule has 3 heterocycles. The summed E-state index contributed by atoms with van der Waals surface area (Å²) in [6.07, 6.45) is 0.0611. The third kappa shape index (κ3) is 3.81. The molecule has 0 aromatic heterocycles. The molecule has 10 heteroatoms. The van der Waals surface area contributed by atoms with Crippen molar-refractivity contribution in [3.8, 4) is 11.5 Å². The lowest BCUT2D eigenvalue weighted by molar-refractivity contribution is -0.152. The molecule has 0 bridgehead atoms. The van der Waals surface area contributed by atoms with E-state index in [0.29, 0.717) is 24.5 Å². The highest BCUT2D eigenvalue weighted by Gasteiger charge is 2.52. The Morgan fingerprint density at radius 3 is 2.62 bits per heavy atom. The molecule has 0 unspecified atom stereocenters. The molecule has 166 valence electrons. The number of likely N-dealkylation sites (tertiary alicyclic amines) is 1. The zero-order valence-corrected chi connectivity index (χ0v) is 17.7. The average molecular weight is 456 g/mol. The van der Waals surface area contributed by atoms with E-state index in [4.69, 9.17) is 14.2 Å². The first-order chi connectivity index (χ1) is 15.4. The molecule has 2 fully saturated rings. The quantitative estimate of drug-likeness (QED) is 0.614. The second kappa shape index (κ2) is 8.12. The van der Waals surface area contributed by atoms with Gasteiger partial charge in [0.2, 0.25) is 5.91 Å². The Hall–Kier alpha value is -3.08. The molecule has 2 aromatic rings. The third-order valence-electron chi connectivity index (χ3n) is 5.61. The van der Waals surface area contributed by atoms with Crippen molar-refractivity contribution in [1.29, 1.82) is 0 Å². The lowest BCUT2D eigenvalue weighted by atomic mass is 10.1. The number of nitrogens with zero attached hydrogens (tertiary/aromatic N) is 1. The standard InChI is InChI=1S/C22H20N2O7S/c25-19(24-12-22(29-7-8-30-22)10-14(24)21(27)28)11-23-20(26)13-5-6-16-18(9-13)32-17-4-2-1-3-15(17)31-16/h1-6,9,14H,7-8,10-12H2,(H,23,26)(H,27,28)/t14-/m0/s1. The lowest BCUT2D eigenvalue weighted by Crippen LogP contribution is -2.46. The number of aliphatic carboxylic acids is 1. The van der Waals surface area contributed by atoms with Gasteiger partial charge in [-0.2, -0.15) is 0 Å². The summed E-state index contributed by atoms with van der Waals surface area (Å²) in [5.74, 6) is -1.73. The fourth-order valence-electron chi connectivity index (χ4n) is 4.06. The van der Waals surface area contributed by atoms with Crippen LogP contribution in [0, 0.1) is 0 Å². The molecule has 3 aliphatic heterocycles. The highest BCUT2D eigenvalue weighted by molar-refractivity contribution is 7.99. The van der Waals surface area contributed by atoms with Crippen molar-refractivity contribution in [3.63, 3.8) is 0 Å². The Morgan fingerprint density at radius 1 is 1.09 bits per heavy atom. The smallest absolute Gasteiger partial charge is 0.326 e. The summed E-state index contributed by atoms with van der Waals surface area (Å²) in [5, 5.41) is 12.1. The average Bonchev–Trinajstić information content (AvgIpc) is 3.42. The van der Waals surface area contributed by atoms with Gasteiger partial charge in [0, 0.05) is 12.0 Å². The van der Waals surface area contributed by atoms with Gasteiger partial charge >= 0.3 is 5.97 Å². The van der Waals surface area contributed by atoms with Crippen molar-refractivity contribution in [3.05, 3.63) is 48.0 Å². The van der Waals surface area contributed by atoms with Gasteiger partial charge in [0.25, 0.3) is 5.91 Å². The van der Waals surface area contributed by atoms with Gasteiger partial charge in [-0.3, -0.25) is 9.59 Å². The molecule has 1 atom stereocenters. The molecule has 5 rings (SSSR count). The molecule has 2 N–H and O–H groups in total. The molecule has 2 aromatic carbocycles. The van der Waals surface area contributed by atoms with E-state index in [1.807, 2.05) is 24.3 Å². The highest BCUT2D eigenvalue weighted by atomic mass is 32.2. The van der Waals surface area contributed by atoms with Crippen molar-refractivity contribution < 1.29 is 33.7 Å². The van der Waals surface area contributed by atoms with Gasteiger partial charge in [-0.25, -0.2) is 4.79 Å². The number of amides is 2. The zero-order chi connectivity index (χ0) is 22.3. The molecule has 0 radical (unpaired) electrons. The number of carbonyl (C=O) groups is 3. The van der Waals surface area contributed by atoms with E-state index in [0.717, 1.165) is 15.5 Å². The zero-order valence-electron chi connectivity index (χ0n) is 16.9. The number of fused-ring (bicyclic) bond motifs is 2. The van der Waals surface area contributed by atoms with Gasteiger partial charge in [-0.1, -0.05) is 23.9 Å². The molecule has 1 spiro atoms. The Kier molecular flexibility index (Phi) is 5.28. The SMILES string of the molecule is O=C(NCC(=O)N1CC2(C[C@H]1C(=O)O)OCCO2)c1ccc2c(c1)Sc1ccccc1O2. The fraction of sp³-hybridized carbons (Fsp3) is 0.318. The monoisotopic (exact) mass is 456 g/mol.